The summed E-state index contributed by atoms with van der Waals surface area (Å²) in [5.41, 5.74) is 14.6. The Labute approximate surface area is 424 Å². The Morgan fingerprint density at radius 2 is 0.403 bits per heavy atom. The summed E-state index contributed by atoms with van der Waals surface area (Å²) < 4.78 is 0. The van der Waals surface area contributed by atoms with Crippen LogP contribution in [0.3, 0.4) is 0 Å². The highest BCUT2D eigenvalue weighted by Gasteiger charge is 2.29. The van der Waals surface area contributed by atoms with Crippen molar-refractivity contribution in [1.29, 1.82) is 0 Å². The number of nitrogens with zero attached hydrogens (tertiary/aromatic N) is 14. The van der Waals surface area contributed by atoms with Gasteiger partial charge in [0.05, 0.1) is 45.6 Å². The molecule has 7 aromatic heterocycles. The first-order chi connectivity index (χ1) is 35.3. The maximum absolute atomic E-state index is 5.41. The molecule has 0 aromatic carbocycles. The molecule has 0 saturated heterocycles. The smallest absolute Gasteiger partial charge is 0.184 e. The number of unbranched alkanes of at least 4 members (excludes halogenated alkanes) is 8. The van der Waals surface area contributed by atoms with Gasteiger partial charge in [-0.1, -0.05) is 107 Å². The molecule has 2 aliphatic heterocycles. The number of aromatic nitrogens is 16. The first-order valence-electron chi connectivity index (χ1n) is 27.7. The van der Waals surface area contributed by atoms with Crippen molar-refractivity contribution >= 4 is 44.7 Å². The third-order valence-electron chi connectivity index (χ3n) is 13.9. The van der Waals surface area contributed by atoms with Crippen LogP contribution in [0.5, 0.6) is 0 Å². The van der Waals surface area contributed by atoms with Gasteiger partial charge in [0, 0.05) is 0 Å². The van der Waals surface area contributed by atoms with Crippen molar-refractivity contribution in [1.82, 2.24) is 79.7 Å². The fourth-order valence-electron chi connectivity index (χ4n) is 9.59. The molecule has 9 rings (SSSR count). The van der Waals surface area contributed by atoms with Gasteiger partial charge in [0.1, 0.15) is 44.8 Å². The van der Waals surface area contributed by atoms with Crippen LogP contribution in [0.2, 0.25) is 0 Å². The van der Waals surface area contributed by atoms with Crippen molar-refractivity contribution in [2.24, 2.45) is 0 Å². The molecule has 0 unspecified atom stereocenters. The molecule has 0 amide bonds. The molecule has 0 aliphatic carbocycles. The minimum absolute atomic E-state index is 0.396. The van der Waals surface area contributed by atoms with Gasteiger partial charge >= 0.3 is 0 Å². The molecule has 378 valence electrons. The molecule has 72 heavy (non-hydrogen) atoms. The summed E-state index contributed by atoms with van der Waals surface area (Å²) in [5, 5.41) is 0. The predicted molar refractivity (Wildman–Crippen MR) is 287 cm³/mol. The second kappa shape index (κ2) is 23.5. The third-order valence-corrected chi connectivity index (χ3v) is 13.9. The van der Waals surface area contributed by atoms with E-state index in [1.807, 2.05) is 0 Å². The Morgan fingerprint density at radius 3 is 0.583 bits per heavy atom. The Balaban J connectivity index is 1.44. The van der Waals surface area contributed by atoms with Crippen LogP contribution < -0.4 is 0 Å². The van der Waals surface area contributed by atoms with Crippen molar-refractivity contribution in [2.75, 3.05) is 0 Å². The quantitative estimate of drug-likeness (QED) is 0.0577. The van der Waals surface area contributed by atoms with Crippen molar-refractivity contribution < 1.29 is 0 Å². The molecule has 16 nitrogen and oxygen atoms in total. The van der Waals surface area contributed by atoms with Gasteiger partial charge in [0.15, 0.2) is 45.9 Å². The summed E-state index contributed by atoms with van der Waals surface area (Å²) in [7, 11) is 0. The van der Waals surface area contributed by atoms with E-state index in [4.69, 9.17) is 69.8 Å². The Bertz CT molecular complexity index is 2810. The summed E-state index contributed by atoms with van der Waals surface area (Å²) in [6.07, 6.45) is 22.8. The van der Waals surface area contributed by atoms with E-state index >= 15 is 0 Å². The van der Waals surface area contributed by atoms with Crippen LogP contribution in [0, 0.1) is 0 Å². The number of aromatic amines is 2. The predicted octanol–water partition coefficient (Wildman–Crippen LogP) is 12.8. The number of hydrogen-bond acceptors (Lipinski definition) is 14. The molecule has 2 aliphatic rings. The second-order valence-electron chi connectivity index (χ2n) is 19.7. The molecule has 7 aromatic rings. The Kier molecular flexibility index (Phi) is 16.5. The fourth-order valence-corrected chi connectivity index (χ4v) is 9.59. The monoisotopic (exact) mass is 971 g/mol. The van der Waals surface area contributed by atoms with Crippen molar-refractivity contribution in [3.05, 3.63) is 45.6 Å². The average Bonchev–Trinajstić information content (AvgIpc) is 4.11. The van der Waals surface area contributed by atoms with Gasteiger partial charge in [-0.05, 0) is 103 Å². The molecule has 16 heteroatoms. The molecule has 0 fully saturated rings. The SMILES string of the molecule is CCCCc1nc2c(nc1CCCC)-c1nc-2nc2[nH]c(nc3nc(nc4[nH]c(n1)c1nc(CCCC)c(CCCC)nc41)-c1nc(CCCC)c(CCCC)nc1-3)c1nc(CCCC)c(CCCC)nc21. The van der Waals surface area contributed by atoms with Crippen LogP contribution in [0.15, 0.2) is 0 Å². The van der Waals surface area contributed by atoms with E-state index in [0.29, 0.717) is 90.7 Å². The fraction of sp³-hybridized carbons (Fsp3) is 0.571. The van der Waals surface area contributed by atoms with E-state index in [-0.39, 0.29) is 0 Å². The van der Waals surface area contributed by atoms with Crippen molar-refractivity contribution in [3.8, 4) is 46.1 Å². The molecule has 8 bridgehead atoms. The van der Waals surface area contributed by atoms with E-state index in [1.165, 1.54) is 0 Å². The molecule has 2 N–H and O–H groups in total. The van der Waals surface area contributed by atoms with Crippen molar-refractivity contribution in [2.45, 2.75) is 209 Å². The zero-order chi connectivity index (χ0) is 50.1. The molecular weight excluding hydrogens is 897 g/mol. The number of hydrogen-bond donors (Lipinski definition) is 2. The zero-order valence-electron chi connectivity index (χ0n) is 44.2. The number of nitrogens with one attached hydrogen (secondary N) is 2. The number of aryl methyl sites for hydroxylation is 8. The number of fused-ring (bicyclic) bond motifs is 20. The highest BCUT2D eigenvalue weighted by atomic mass is 15.1. The van der Waals surface area contributed by atoms with Gasteiger partial charge < -0.3 is 9.97 Å². The number of H-pyrrole nitrogens is 2. The molecule has 0 radical (unpaired) electrons. The molecule has 0 saturated carbocycles. The third kappa shape index (κ3) is 10.6. The van der Waals surface area contributed by atoms with Crippen LogP contribution in [0.1, 0.15) is 204 Å². The number of rotatable bonds is 24. The van der Waals surface area contributed by atoms with Gasteiger partial charge in [-0.15, -0.1) is 0 Å². The topological polar surface area (TPSA) is 212 Å². The summed E-state index contributed by atoms with van der Waals surface area (Å²) in [6, 6.07) is 0. The van der Waals surface area contributed by atoms with E-state index in [0.717, 1.165) is 200 Å². The van der Waals surface area contributed by atoms with E-state index < -0.39 is 0 Å². The molecule has 9 heterocycles. The minimum atomic E-state index is 0.396. The second-order valence-corrected chi connectivity index (χ2v) is 19.7. The van der Waals surface area contributed by atoms with Crippen LogP contribution in [-0.2, 0) is 51.4 Å². The van der Waals surface area contributed by atoms with Gasteiger partial charge in [0.25, 0.3) is 0 Å². The van der Waals surface area contributed by atoms with Crippen LogP contribution >= 0.6 is 0 Å². The largest absolute Gasteiger partial charge is 0.321 e. The lowest BCUT2D eigenvalue weighted by Crippen LogP contribution is -2.05. The summed E-state index contributed by atoms with van der Waals surface area (Å²) in [5.74, 6) is 1.58. The molecule has 0 spiro atoms. The molecular formula is C56H74N16. The van der Waals surface area contributed by atoms with E-state index in [2.05, 4.69) is 65.4 Å². The van der Waals surface area contributed by atoms with Gasteiger partial charge in [0.2, 0.25) is 0 Å². The summed E-state index contributed by atoms with van der Waals surface area (Å²) >= 11 is 0. The summed E-state index contributed by atoms with van der Waals surface area (Å²) in [4.78, 5) is 82.3. The Morgan fingerprint density at radius 1 is 0.222 bits per heavy atom. The first kappa shape index (κ1) is 50.6. The average molecular weight is 971 g/mol. The highest BCUT2D eigenvalue weighted by Crippen LogP contribution is 2.36. The normalized spacial score (nSPS) is 12.1. The highest BCUT2D eigenvalue weighted by molar-refractivity contribution is 6.01. The lowest BCUT2D eigenvalue weighted by molar-refractivity contribution is 0.724. The van der Waals surface area contributed by atoms with Gasteiger partial charge in [-0.3, -0.25) is 0 Å². The Hall–Kier alpha value is -6.32. The zero-order valence-corrected chi connectivity index (χ0v) is 44.2. The lowest BCUT2D eigenvalue weighted by Gasteiger charge is -2.10. The van der Waals surface area contributed by atoms with E-state index in [1.54, 1.807) is 0 Å². The van der Waals surface area contributed by atoms with Crippen LogP contribution in [-0.4, -0.2) is 79.7 Å². The maximum atomic E-state index is 5.41. The lowest BCUT2D eigenvalue weighted by atomic mass is 10.1. The maximum Gasteiger partial charge on any atom is 0.184 e. The van der Waals surface area contributed by atoms with E-state index in [9.17, 15) is 0 Å². The first-order valence-corrected chi connectivity index (χ1v) is 27.7. The molecule has 0 atom stereocenters. The van der Waals surface area contributed by atoms with Crippen LogP contribution in [0.25, 0.3) is 90.7 Å². The van der Waals surface area contributed by atoms with Gasteiger partial charge in [-0.25, -0.2) is 69.8 Å². The summed E-state index contributed by atoms with van der Waals surface area (Å²) in [6.45, 7) is 17.7. The van der Waals surface area contributed by atoms with Gasteiger partial charge in [-0.2, -0.15) is 0 Å². The van der Waals surface area contributed by atoms with Crippen LogP contribution in [0.4, 0.5) is 0 Å². The van der Waals surface area contributed by atoms with Crippen molar-refractivity contribution in [3.63, 3.8) is 0 Å². The minimum Gasteiger partial charge on any atom is -0.321 e. The standard InChI is InChI=1S/C56H74N16/c1-9-17-25-33-34(26-18-10-2)58-42-41(57-33)49-65-50(42)70-52-45-46(62-38(30-22-14-6)37(61-45)29-21-13-5)54(67-52)72-56-48-47(63-39(31-23-15-7)40(64-48)32-24-16-8)55(68-56)71-53-44-43(51(66-53)69-49)59-35(27-19-11-3)36(60-44)28-20-12-4/h9-32H2,1-8H3,(H2,65,66,67,68,69,70,71,72).